The molecule has 0 aliphatic carbocycles. The van der Waals surface area contributed by atoms with Crippen LogP contribution in [-0.2, 0) is 4.79 Å². The third-order valence-corrected chi connectivity index (χ3v) is 5.11. The van der Waals surface area contributed by atoms with Crippen LogP contribution in [0.25, 0.3) is 16.8 Å². The van der Waals surface area contributed by atoms with Gasteiger partial charge in [0.15, 0.2) is 11.5 Å². The number of carbonyl (C=O) groups is 1. The molecule has 0 spiro atoms. The Morgan fingerprint density at radius 3 is 2.86 bits per heavy atom. The standard InChI is InChI=1S/C20H16N4O4/c1-28-15-8-10(6-7-14(15)25)11-9-16(26)22-18-17(11)19(27)23-20-21-12-4-2-3-5-13(12)24(18)20/h2-8,11,25H,9H2,1H3,(H,22,26)(H,21,23,27)/t11-/m0/s1. The summed E-state index contributed by atoms with van der Waals surface area (Å²) in [6, 6.07) is 12.3. The summed E-state index contributed by atoms with van der Waals surface area (Å²) in [6.07, 6.45) is 0.113. The molecule has 8 heteroatoms. The first-order chi connectivity index (χ1) is 13.6. The van der Waals surface area contributed by atoms with E-state index in [1.807, 2.05) is 24.3 Å². The number of rotatable bonds is 2. The van der Waals surface area contributed by atoms with E-state index in [-0.39, 0.29) is 29.4 Å². The third-order valence-electron chi connectivity index (χ3n) is 5.11. The van der Waals surface area contributed by atoms with Crippen LogP contribution >= 0.6 is 0 Å². The second kappa shape index (κ2) is 5.85. The number of aromatic amines is 1. The Hall–Kier alpha value is -3.81. The third kappa shape index (κ3) is 2.27. The molecule has 1 atom stereocenters. The van der Waals surface area contributed by atoms with E-state index in [9.17, 15) is 14.7 Å². The number of amides is 1. The molecular weight excluding hydrogens is 360 g/mol. The number of hydrogen-bond acceptors (Lipinski definition) is 5. The fourth-order valence-corrected chi connectivity index (χ4v) is 3.85. The largest absolute Gasteiger partial charge is 0.504 e. The number of carbonyl (C=O) groups excluding carboxylic acids is 1. The van der Waals surface area contributed by atoms with Crippen molar-refractivity contribution >= 4 is 28.5 Å². The number of fused-ring (bicyclic) bond motifs is 5. The van der Waals surface area contributed by atoms with E-state index >= 15 is 0 Å². The van der Waals surface area contributed by atoms with Crippen molar-refractivity contribution in [2.24, 2.45) is 0 Å². The van der Waals surface area contributed by atoms with Crippen LogP contribution in [0, 0.1) is 0 Å². The molecule has 3 N–H and O–H groups in total. The molecule has 1 aliphatic heterocycles. The van der Waals surface area contributed by atoms with Crippen LogP contribution in [0.1, 0.15) is 23.5 Å². The summed E-state index contributed by atoms with van der Waals surface area (Å²) in [5, 5.41) is 12.7. The number of hydrogen-bond donors (Lipinski definition) is 3. The van der Waals surface area contributed by atoms with Gasteiger partial charge in [0.1, 0.15) is 5.82 Å². The maximum Gasteiger partial charge on any atom is 0.258 e. The minimum atomic E-state index is -0.479. The highest BCUT2D eigenvalue weighted by Gasteiger charge is 2.32. The highest BCUT2D eigenvalue weighted by Crippen LogP contribution is 2.38. The van der Waals surface area contributed by atoms with Crippen LogP contribution in [0.2, 0.25) is 0 Å². The van der Waals surface area contributed by atoms with Gasteiger partial charge in [-0.05, 0) is 29.8 Å². The maximum atomic E-state index is 12.9. The van der Waals surface area contributed by atoms with Gasteiger partial charge in [0.05, 0.1) is 23.7 Å². The van der Waals surface area contributed by atoms with Crippen molar-refractivity contribution in [2.45, 2.75) is 12.3 Å². The molecule has 0 radical (unpaired) electrons. The predicted molar refractivity (Wildman–Crippen MR) is 103 cm³/mol. The van der Waals surface area contributed by atoms with E-state index in [2.05, 4.69) is 15.3 Å². The van der Waals surface area contributed by atoms with Crippen molar-refractivity contribution in [3.8, 4) is 11.5 Å². The molecule has 0 bridgehead atoms. The van der Waals surface area contributed by atoms with E-state index in [0.29, 0.717) is 28.2 Å². The van der Waals surface area contributed by atoms with Crippen molar-refractivity contribution in [3.05, 3.63) is 63.9 Å². The van der Waals surface area contributed by atoms with Gasteiger partial charge in [0.25, 0.3) is 5.56 Å². The Balaban J connectivity index is 1.82. The molecule has 140 valence electrons. The highest BCUT2D eigenvalue weighted by atomic mass is 16.5. The Morgan fingerprint density at radius 1 is 1.21 bits per heavy atom. The zero-order valence-electron chi connectivity index (χ0n) is 14.9. The van der Waals surface area contributed by atoms with Gasteiger partial charge < -0.3 is 15.2 Å². The van der Waals surface area contributed by atoms with Gasteiger partial charge in [-0.15, -0.1) is 0 Å². The van der Waals surface area contributed by atoms with Gasteiger partial charge in [-0.1, -0.05) is 18.2 Å². The molecule has 2 aromatic carbocycles. The fourth-order valence-electron chi connectivity index (χ4n) is 3.85. The van der Waals surface area contributed by atoms with Crippen LogP contribution < -0.4 is 15.6 Å². The fraction of sp³-hybridized carbons (Fsp3) is 0.150. The smallest absolute Gasteiger partial charge is 0.258 e. The van der Waals surface area contributed by atoms with Gasteiger partial charge in [-0.3, -0.25) is 19.0 Å². The van der Waals surface area contributed by atoms with Crippen molar-refractivity contribution in [3.63, 3.8) is 0 Å². The topological polar surface area (TPSA) is 109 Å². The van der Waals surface area contributed by atoms with Gasteiger partial charge in [0.2, 0.25) is 11.7 Å². The number of aromatic nitrogens is 3. The number of nitrogens with zero attached hydrogens (tertiary/aromatic N) is 2. The Labute approximate surface area is 158 Å². The number of ether oxygens (including phenoxy) is 1. The molecule has 0 saturated carbocycles. The summed E-state index contributed by atoms with van der Waals surface area (Å²) in [4.78, 5) is 32.7. The summed E-state index contributed by atoms with van der Waals surface area (Å²) in [6.45, 7) is 0. The normalized spacial score (nSPS) is 16.2. The number of anilines is 1. The SMILES string of the molecule is COc1cc([C@@H]2CC(=O)Nc3c2c(=O)[nH]c2nc4ccccc4n32)ccc1O. The number of H-pyrrole nitrogens is 1. The van der Waals surface area contributed by atoms with Gasteiger partial charge in [-0.2, -0.15) is 0 Å². The molecule has 2 aromatic heterocycles. The number of para-hydroxylation sites is 2. The number of phenols is 1. The van der Waals surface area contributed by atoms with Crippen molar-refractivity contribution in [1.29, 1.82) is 0 Å². The summed E-state index contributed by atoms with van der Waals surface area (Å²) < 4.78 is 6.94. The van der Waals surface area contributed by atoms with E-state index in [1.165, 1.54) is 13.2 Å². The molecule has 1 aliphatic rings. The monoisotopic (exact) mass is 376 g/mol. The van der Waals surface area contributed by atoms with Crippen LogP contribution in [0.15, 0.2) is 47.3 Å². The molecule has 1 amide bonds. The quantitative estimate of drug-likeness (QED) is 0.498. The van der Waals surface area contributed by atoms with Crippen molar-refractivity contribution in [1.82, 2.24) is 14.4 Å². The number of phenolic OH excluding ortho intramolecular Hbond substituents is 1. The molecule has 5 rings (SSSR count). The zero-order valence-corrected chi connectivity index (χ0v) is 14.9. The Morgan fingerprint density at radius 2 is 2.04 bits per heavy atom. The lowest BCUT2D eigenvalue weighted by atomic mass is 9.86. The first kappa shape index (κ1) is 16.4. The summed E-state index contributed by atoms with van der Waals surface area (Å²) in [5.41, 5.74) is 2.35. The Kier molecular flexibility index (Phi) is 3.42. The zero-order chi connectivity index (χ0) is 19.4. The maximum absolute atomic E-state index is 12.9. The summed E-state index contributed by atoms with van der Waals surface area (Å²) in [5.74, 6) is 0.393. The summed E-state index contributed by atoms with van der Waals surface area (Å²) in [7, 11) is 1.45. The molecule has 3 heterocycles. The van der Waals surface area contributed by atoms with E-state index in [1.54, 1.807) is 16.5 Å². The summed E-state index contributed by atoms with van der Waals surface area (Å²) >= 11 is 0. The van der Waals surface area contributed by atoms with Gasteiger partial charge >= 0.3 is 0 Å². The van der Waals surface area contributed by atoms with E-state index < -0.39 is 5.92 Å². The second-order valence-corrected chi connectivity index (χ2v) is 6.71. The molecular formula is C20H16N4O4. The minimum Gasteiger partial charge on any atom is -0.504 e. The number of methoxy groups -OCH3 is 1. The van der Waals surface area contributed by atoms with Gasteiger partial charge in [0, 0.05) is 12.3 Å². The van der Waals surface area contributed by atoms with Crippen LogP contribution in [0.4, 0.5) is 5.82 Å². The molecule has 0 unspecified atom stereocenters. The van der Waals surface area contributed by atoms with E-state index in [4.69, 9.17) is 4.74 Å². The van der Waals surface area contributed by atoms with Crippen LogP contribution in [0.3, 0.4) is 0 Å². The molecule has 8 nitrogen and oxygen atoms in total. The predicted octanol–water partition coefficient (Wildman–Crippen LogP) is 2.36. The first-order valence-corrected chi connectivity index (χ1v) is 8.77. The number of aromatic hydroxyl groups is 1. The van der Waals surface area contributed by atoms with Gasteiger partial charge in [-0.25, -0.2) is 4.98 Å². The number of imidazole rings is 1. The second-order valence-electron chi connectivity index (χ2n) is 6.71. The average Bonchev–Trinajstić information content (AvgIpc) is 3.06. The van der Waals surface area contributed by atoms with Crippen LogP contribution in [0.5, 0.6) is 11.5 Å². The molecule has 0 fully saturated rings. The minimum absolute atomic E-state index is 0.00306. The van der Waals surface area contributed by atoms with Crippen molar-refractivity contribution in [2.75, 3.05) is 12.4 Å². The van der Waals surface area contributed by atoms with E-state index in [0.717, 1.165) is 5.52 Å². The van der Waals surface area contributed by atoms with Crippen molar-refractivity contribution < 1.29 is 14.6 Å². The molecule has 4 aromatic rings. The average molecular weight is 376 g/mol. The Bertz CT molecular complexity index is 1320. The lowest BCUT2D eigenvalue weighted by molar-refractivity contribution is -0.116. The number of benzene rings is 2. The lowest BCUT2D eigenvalue weighted by Crippen LogP contribution is -2.32. The highest BCUT2D eigenvalue weighted by molar-refractivity contribution is 5.96. The number of nitrogens with one attached hydrogen (secondary N) is 2. The molecule has 28 heavy (non-hydrogen) atoms. The first-order valence-electron chi connectivity index (χ1n) is 8.77. The van der Waals surface area contributed by atoms with Crippen LogP contribution in [-0.4, -0.2) is 32.5 Å². The lowest BCUT2D eigenvalue weighted by Gasteiger charge is -2.26. The molecule has 0 saturated heterocycles.